The Morgan fingerprint density at radius 2 is 1.74 bits per heavy atom. The van der Waals surface area contributed by atoms with Gasteiger partial charge in [-0.1, -0.05) is 26.0 Å². The van der Waals surface area contributed by atoms with E-state index in [-0.39, 0.29) is 23.1 Å². The lowest BCUT2D eigenvalue weighted by molar-refractivity contribution is -0.112. The molecule has 1 aliphatic heterocycles. The van der Waals surface area contributed by atoms with Crippen molar-refractivity contribution in [1.82, 2.24) is 0 Å². The van der Waals surface area contributed by atoms with Crippen LogP contribution in [-0.4, -0.2) is 72.6 Å². The summed E-state index contributed by atoms with van der Waals surface area (Å²) < 4.78 is 38.8. The average Bonchev–Trinajstić information content (AvgIpc) is 2.90. The third kappa shape index (κ3) is 10.9. The van der Waals surface area contributed by atoms with E-state index in [1.54, 1.807) is 32.1 Å². The van der Waals surface area contributed by atoms with Crippen molar-refractivity contribution in [3.63, 3.8) is 0 Å². The van der Waals surface area contributed by atoms with Crippen LogP contribution in [0.4, 0.5) is 10.5 Å². The van der Waals surface area contributed by atoms with Gasteiger partial charge in [-0.05, 0) is 57.1 Å². The van der Waals surface area contributed by atoms with Gasteiger partial charge in [-0.25, -0.2) is 9.36 Å². The van der Waals surface area contributed by atoms with Gasteiger partial charge in [-0.2, -0.15) is 0 Å². The number of ether oxygens (including phenoxy) is 4. The van der Waals surface area contributed by atoms with E-state index >= 15 is 0 Å². The Kier molecular flexibility index (Phi) is 13.7. The van der Waals surface area contributed by atoms with E-state index in [0.717, 1.165) is 0 Å². The van der Waals surface area contributed by atoms with Crippen molar-refractivity contribution in [2.24, 2.45) is 17.6 Å². The van der Waals surface area contributed by atoms with Crippen molar-refractivity contribution < 1.29 is 52.5 Å². The number of hydrogen-bond acceptors (Lipinski definition) is 9. The molecule has 14 heteroatoms. The number of phosphoric acid groups is 1. The monoisotopic (exact) mass is 628 g/mol. The predicted octanol–water partition coefficient (Wildman–Crippen LogP) is 3.85. The maximum Gasteiger partial charge on any atom is 0.524 e. The minimum atomic E-state index is -4.96. The standard InChI is InChI=1S/C29H45N2O11P/c1-16-11-20-14-21(15-24(27(20)40-7)42-43(35,36)37)31-28(33)17(2)9-8-10-22(38-5)26(41-29(30)34)19(4)13-18(3)25(32)23(12-16)39-6/h9,13-16,18,22-23,25-26,32H,8,10-12H2,1-7H3,(H2,30,34)(H,31,33)(H2,35,36,37)/t16-,18+,22+,23+,25-,26+/m1/s1. The molecule has 0 fully saturated rings. The summed E-state index contributed by atoms with van der Waals surface area (Å²) in [6.07, 6.45) is 1.03. The maximum atomic E-state index is 13.1. The van der Waals surface area contributed by atoms with E-state index < -0.39 is 50.2 Å². The van der Waals surface area contributed by atoms with Crippen molar-refractivity contribution in [2.75, 3.05) is 26.6 Å². The van der Waals surface area contributed by atoms with Crippen LogP contribution in [0.1, 0.15) is 52.5 Å². The maximum absolute atomic E-state index is 13.1. The molecule has 2 amide bonds. The van der Waals surface area contributed by atoms with E-state index in [1.165, 1.54) is 27.4 Å². The molecule has 43 heavy (non-hydrogen) atoms. The zero-order valence-corrected chi connectivity index (χ0v) is 26.6. The summed E-state index contributed by atoms with van der Waals surface area (Å²) in [5.74, 6) is -1.12. The van der Waals surface area contributed by atoms with Crippen molar-refractivity contribution in [2.45, 2.75) is 77.8 Å². The Morgan fingerprint density at radius 3 is 2.30 bits per heavy atom. The number of aliphatic hydroxyl groups excluding tert-OH is 1. The molecule has 6 atom stereocenters. The van der Waals surface area contributed by atoms with Crippen LogP contribution in [-0.2, 0) is 30.0 Å². The molecule has 13 nitrogen and oxygen atoms in total. The molecule has 0 aliphatic carbocycles. The first kappa shape index (κ1) is 36.3. The minimum Gasteiger partial charge on any atom is -0.493 e. The summed E-state index contributed by atoms with van der Waals surface area (Å²) in [4.78, 5) is 43.8. The van der Waals surface area contributed by atoms with Gasteiger partial charge in [0.25, 0.3) is 5.91 Å². The molecule has 6 N–H and O–H groups in total. The van der Waals surface area contributed by atoms with Crippen molar-refractivity contribution in [1.29, 1.82) is 0 Å². The van der Waals surface area contributed by atoms with Gasteiger partial charge < -0.3 is 39.6 Å². The molecule has 0 radical (unpaired) electrons. The zero-order valence-electron chi connectivity index (χ0n) is 25.7. The number of methoxy groups -OCH3 is 3. The molecule has 0 aromatic heterocycles. The first-order valence-corrected chi connectivity index (χ1v) is 15.4. The molecule has 2 rings (SSSR count). The highest BCUT2D eigenvalue weighted by Gasteiger charge is 2.31. The molecule has 1 aliphatic rings. The topological polar surface area (TPSA) is 196 Å². The second-order valence-corrected chi connectivity index (χ2v) is 12.0. The van der Waals surface area contributed by atoms with Crippen LogP contribution in [0.15, 0.2) is 35.4 Å². The van der Waals surface area contributed by atoms with E-state index in [2.05, 4.69) is 5.32 Å². The molecule has 242 valence electrons. The fourth-order valence-electron chi connectivity index (χ4n) is 5.25. The fraction of sp³-hybridized carbons (Fsp3) is 0.586. The molecule has 0 saturated heterocycles. The average molecular weight is 629 g/mol. The summed E-state index contributed by atoms with van der Waals surface area (Å²) in [5, 5.41) is 14.0. The largest absolute Gasteiger partial charge is 0.524 e. The third-order valence-corrected chi connectivity index (χ3v) is 7.79. The Morgan fingerprint density at radius 1 is 1.09 bits per heavy atom. The lowest BCUT2D eigenvalue weighted by Crippen LogP contribution is -2.37. The zero-order chi connectivity index (χ0) is 32.5. The number of rotatable bonds is 6. The highest BCUT2D eigenvalue weighted by Crippen LogP contribution is 2.45. The van der Waals surface area contributed by atoms with Gasteiger partial charge in [0.1, 0.15) is 0 Å². The van der Waals surface area contributed by atoms with Crippen LogP contribution < -0.4 is 20.3 Å². The second kappa shape index (κ2) is 16.2. The van der Waals surface area contributed by atoms with Gasteiger partial charge >= 0.3 is 13.9 Å². The molecular weight excluding hydrogens is 583 g/mol. The van der Waals surface area contributed by atoms with Gasteiger partial charge in [0.15, 0.2) is 17.6 Å². The number of carbonyl (C=O) groups excluding carboxylic acids is 2. The van der Waals surface area contributed by atoms with Gasteiger partial charge in [0.2, 0.25) is 0 Å². The van der Waals surface area contributed by atoms with Crippen LogP contribution in [0.5, 0.6) is 11.5 Å². The SMILES string of the molecule is COc1c2cc(cc1OP(=O)(O)O)NC(=O)C(C)=CCC[C@H](OC)[C@@H](OC(N)=O)C(C)=C[C@H](C)[C@@H](O)[C@@H](OC)C[C@H](C)C2. The molecule has 1 aromatic carbocycles. The minimum absolute atomic E-state index is 0.110. The number of phosphoric ester groups is 1. The summed E-state index contributed by atoms with van der Waals surface area (Å²) >= 11 is 0. The number of aliphatic hydroxyl groups is 1. The predicted molar refractivity (Wildman–Crippen MR) is 160 cm³/mol. The molecule has 0 unspecified atom stereocenters. The molecule has 0 saturated carbocycles. The molecule has 1 aromatic rings. The number of fused-ring (bicyclic) bond motifs is 2. The first-order valence-electron chi connectivity index (χ1n) is 13.9. The smallest absolute Gasteiger partial charge is 0.493 e. The van der Waals surface area contributed by atoms with E-state index in [0.29, 0.717) is 42.4 Å². The quantitative estimate of drug-likeness (QED) is 0.227. The van der Waals surface area contributed by atoms with Gasteiger partial charge in [0.05, 0.1) is 25.4 Å². The fourth-order valence-corrected chi connectivity index (χ4v) is 5.65. The lowest BCUT2D eigenvalue weighted by Gasteiger charge is -2.30. The Balaban J connectivity index is 2.62. The first-order chi connectivity index (χ1) is 20.1. The number of carbonyl (C=O) groups is 2. The number of hydrogen-bond donors (Lipinski definition) is 5. The Labute approximate surface area is 252 Å². The highest BCUT2D eigenvalue weighted by molar-refractivity contribution is 7.46. The number of benzene rings is 1. The van der Waals surface area contributed by atoms with Gasteiger partial charge in [-0.3, -0.25) is 14.6 Å². The molecule has 2 bridgehead atoms. The number of primary amides is 1. The van der Waals surface area contributed by atoms with Crippen molar-refractivity contribution >= 4 is 25.5 Å². The van der Waals surface area contributed by atoms with Crippen molar-refractivity contribution in [3.05, 3.63) is 41.0 Å². The van der Waals surface area contributed by atoms with Crippen LogP contribution in [0, 0.1) is 11.8 Å². The Bertz CT molecular complexity index is 1230. The third-order valence-electron chi connectivity index (χ3n) is 7.35. The van der Waals surface area contributed by atoms with Crippen LogP contribution in [0.25, 0.3) is 0 Å². The molecular formula is C29H45N2O11P. The van der Waals surface area contributed by atoms with E-state index in [4.69, 9.17) is 29.2 Å². The Hall–Kier alpha value is -2.93. The van der Waals surface area contributed by atoms with E-state index in [9.17, 15) is 29.0 Å². The van der Waals surface area contributed by atoms with Gasteiger partial charge in [0, 0.05) is 43.0 Å². The number of nitrogens with one attached hydrogen (secondary N) is 1. The normalized spacial score (nSPS) is 26.5. The number of nitrogens with two attached hydrogens (primary N) is 1. The number of allylic oxidation sites excluding steroid dienone is 1. The van der Waals surface area contributed by atoms with Gasteiger partial charge in [-0.15, -0.1) is 0 Å². The van der Waals surface area contributed by atoms with Crippen LogP contribution >= 0.6 is 7.82 Å². The van der Waals surface area contributed by atoms with Crippen molar-refractivity contribution in [3.8, 4) is 11.5 Å². The summed E-state index contributed by atoms with van der Waals surface area (Å²) in [7, 11) is -0.637. The summed E-state index contributed by atoms with van der Waals surface area (Å²) in [6.45, 7) is 7.13. The summed E-state index contributed by atoms with van der Waals surface area (Å²) in [5.41, 5.74) is 7.13. The molecule has 1 heterocycles. The highest BCUT2D eigenvalue weighted by atomic mass is 31.2. The van der Waals surface area contributed by atoms with Crippen LogP contribution in [0.2, 0.25) is 0 Å². The number of anilines is 1. The van der Waals surface area contributed by atoms with Crippen LogP contribution in [0.3, 0.4) is 0 Å². The number of amides is 2. The second-order valence-electron chi connectivity index (χ2n) is 10.9. The lowest BCUT2D eigenvalue weighted by atomic mass is 9.88. The molecule has 0 spiro atoms. The van der Waals surface area contributed by atoms with E-state index in [1.807, 2.05) is 13.8 Å². The summed E-state index contributed by atoms with van der Waals surface area (Å²) in [6, 6.07) is 2.94.